The van der Waals surface area contributed by atoms with Crippen LogP contribution in [0.5, 0.6) is 0 Å². The molecule has 0 aliphatic rings. The van der Waals surface area contributed by atoms with Gasteiger partial charge in [0, 0.05) is 5.39 Å². The Morgan fingerprint density at radius 3 is 2.47 bits per heavy atom. The number of fused-ring (bicyclic) bond motifs is 1. The van der Waals surface area contributed by atoms with Crippen LogP contribution in [0.4, 0.5) is 4.39 Å². The van der Waals surface area contributed by atoms with Crippen LogP contribution in [0.1, 0.15) is 38.2 Å². The molecule has 1 N–H and O–H groups in total. The van der Waals surface area contributed by atoms with Crippen molar-refractivity contribution in [3.05, 3.63) is 35.3 Å². The molecule has 0 spiro atoms. The summed E-state index contributed by atoms with van der Waals surface area (Å²) in [6, 6.07) is 4.56. The predicted octanol–water partition coefficient (Wildman–Crippen LogP) is 3.96. The van der Waals surface area contributed by atoms with E-state index in [1.807, 2.05) is 20.8 Å². The first-order valence-electron chi connectivity index (χ1n) is 5.66. The Bertz CT molecular complexity index is 549. The molecule has 2 nitrogen and oxygen atoms in total. The number of furan rings is 1. The maximum absolute atomic E-state index is 13.2. The molecule has 1 aromatic heterocycles. The van der Waals surface area contributed by atoms with Gasteiger partial charge in [0.05, 0.1) is 0 Å². The summed E-state index contributed by atoms with van der Waals surface area (Å²) in [7, 11) is 0. The number of aliphatic hydroxyl groups is 1. The van der Waals surface area contributed by atoms with E-state index in [1.54, 1.807) is 13.0 Å². The number of rotatable bonds is 1. The van der Waals surface area contributed by atoms with Crippen LogP contribution in [0.25, 0.3) is 11.0 Å². The first kappa shape index (κ1) is 12.1. The van der Waals surface area contributed by atoms with Crippen LogP contribution in [-0.2, 0) is 0 Å². The SMILES string of the molecule is Cc1cc(F)cc2cc(C(O)C(C)(C)C)oc12. The van der Waals surface area contributed by atoms with E-state index in [1.165, 1.54) is 12.1 Å². The standard InChI is InChI=1S/C14H17FO2/c1-8-5-10(15)6-9-7-11(17-12(8)9)13(16)14(2,3)4/h5-7,13,16H,1-4H3. The minimum Gasteiger partial charge on any atom is -0.458 e. The molecule has 3 heteroatoms. The van der Waals surface area contributed by atoms with E-state index < -0.39 is 6.10 Å². The van der Waals surface area contributed by atoms with E-state index in [4.69, 9.17) is 4.42 Å². The maximum Gasteiger partial charge on any atom is 0.137 e. The van der Waals surface area contributed by atoms with Crippen molar-refractivity contribution < 1.29 is 13.9 Å². The van der Waals surface area contributed by atoms with Crippen LogP contribution in [0.15, 0.2) is 22.6 Å². The maximum atomic E-state index is 13.2. The summed E-state index contributed by atoms with van der Waals surface area (Å²) in [5.74, 6) is 0.203. The Morgan fingerprint density at radius 1 is 1.24 bits per heavy atom. The molecule has 0 aliphatic carbocycles. The van der Waals surface area contributed by atoms with Crippen molar-refractivity contribution in [1.82, 2.24) is 0 Å². The monoisotopic (exact) mass is 236 g/mol. The average Bonchev–Trinajstić information content (AvgIpc) is 2.58. The quantitative estimate of drug-likeness (QED) is 0.813. The zero-order chi connectivity index (χ0) is 12.8. The van der Waals surface area contributed by atoms with E-state index in [9.17, 15) is 9.50 Å². The second-order valence-corrected chi connectivity index (χ2v) is 5.56. The molecular formula is C14H17FO2. The lowest BCUT2D eigenvalue weighted by Gasteiger charge is -2.23. The van der Waals surface area contributed by atoms with Crippen molar-refractivity contribution in [2.45, 2.75) is 33.8 Å². The van der Waals surface area contributed by atoms with Crippen molar-refractivity contribution in [1.29, 1.82) is 0 Å². The van der Waals surface area contributed by atoms with E-state index in [-0.39, 0.29) is 11.2 Å². The molecule has 1 unspecified atom stereocenters. The molecule has 0 aliphatic heterocycles. The largest absolute Gasteiger partial charge is 0.458 e. The normalized spacial score (nSPS) is 14.2. The van der Waals surface area contributed by atoms with Gasteiger partial charge in [0.1, 0.15) is 23.3 Å². The summed E-state index contributed by atoms with van der Waals surface area (Å²) >= 11 is 0. The highest BCUT2D eigenvalue weighted by molar-refractivity contribution is 5.81. The van der Waals surface area contributed by atoms with Crippen molar-refractivity contribution in [3.63, 3.8) is 0 Å². The lowest BCUT2D eigenvalue weighted by Crippen LogP contribution is -2.16. The molecule has 0 bridgehead atoms. The molecule has 2 rings (SSSR count). The molecule has 0 saturated carbocycles. The van der Waals surface area contributed by atoms with Gasteiger partial charge >= 0.3 is 0 Å². The number of benzene rings is 1. The van der Waals surface area contributed by atoms with E-state index in [0.29, 0.717) is 16.7 Å². The van der Waals surface area contributed by atoms with Gasteiger partial charge < -0.3 is 9.52 Å². The third kappa shape index (κ3) is 2.20. The Kier molecular flexibility index (Phi) is 2.74. The molecule has 92 valence electrons. The van der Waals surface area contributed by atoms with Crippen LogP contribution in [0.2, 0.25) is 0 Å². The predicted molar refractivity (Wildman–Crippen MR) is 65.3 cm³/mol. The van der Waals surface area contributed by atoms with Gasteiger partial charge in [0.2, 0.25) is 0 Å². The lowest BCUT2D eigenvalue weighted by molar-refractivity contribution is 0.0448. The van der Waals surface area contributed by atoms with Crippen molar-refractivity contribution in [3.8, 4) is 0 Å². The lowest BCUT2D eigenvalue weighted by atomic mass is 9.88. The molecule has 1 heterocycles. The average molecular weight is 236 g/mol. The highest BCUT2D eigenvalue weighted by Crippen LogP contribution is 2.36. The summed E-state index contributed by atoms with van der Waals surface area (Å²) in [5.41, 5.74) is 1.08. The molecule has 1 aromatic carbocycles. The Labute approximate surface area is 100 Å². The summed E-state index contributed by atoms with van der Waals surface area (Å²) in [5, 5.41) is 10.8. The van der Waals surface area contributed by atoms with Crippen LogP contribution in [0, 0.1) is 18.2 Å². The first-order valence-corrected chi connectivity index (χ1v) is 5.66. The summed E-state index contributed by atoms with van der Waals surface area (Å²) in [4.78, 5) is 0. The van der Waals surface area contributed by atoms with E-state index >= 15 is 0 Å². The van der Waals surface area contributed by atoms with Gasteiger partial charge in [-0.3, -0.25) is 0 Å². The second kappa shape index (κ2) is 3.84. The fraction of sp³-hybridized carbons (Fsp3) is 0.429. The fourth-order valence-corrected chi connectivity index (χ4v) is 1.86. The number of hydrogen-bond donors (Lipinski definition) is 1. The second-order valence-electron chi connectivity index (χ2n) is 5.56. The van der Waals surface area contributed by atoms with Crippen molar-refractivity contribution in [2.75, 3.05) is 0 Å². The summed E-state index contributed by atoms with van der Waals surface area (Å²) in [6.07, 6.45) is -0.697. The Morgan fingerprint density at radius 2 is 1.88 bits per heavy atom. The molecule has 1 atom stereocenters. The van der Waals surface area contributed by atoms with Gasteiger partial charge in [-0.2, -0.15) is 0 Å². The molecule has 0 amide bonds. The number of aryl methyl sites for hydroxylation is 1. The van der Waals surface area contributed by atoms with Crippen LogP contribution >= 0.6 is 0 Å². The van der Waals surface area contributed by atoms with Gasteiger partial charge in [0.25, 0.3) is 0 Å². The number of hydrogen-bond acceptors (Lipinski definition) is 2. The summed E-state index contributed by atoms with van der Waals surface area (Å²) < 4.78 is 18.9. The number of halogens is 1. The molecule has 2 aromatic rings. The van der Waals surface area contributed by atoms with Gasteiger partial charge in [-0.15, -0.1) is 0 Å². The van der Waals surface area contributed by atoms with Crippen molar-refractivity contribution >= 4 is 11.0 Å². The first-order chi connectivity index (χ1) is 7.79. The van der Waals surface area contributed by atoms with Crippen LogP contribution in [-0.4, -0.2) is 5.11 Å². The van der Waals surface area contributed by atoms with Crippen LogP contribution in [0.3, 0.4) is 0 Å². The van der Waals surface area contributed by atoms with Gasteiger partial charge in [-0.05, 0) is 36.1 Å². The zero-order valence-electron chi connectivity index (χ0n) is 10.5. The molecule has 17 heavy (non-hydrogen) atoms. The van der Waals surface area contributed by atoms with Crippen molar-refractivity contribution in [2.24, 2.45) is 5.41 Å². The van der Waals surface area contributed by atoms with Gasteiger partial charge in [-0.25, -0.2) is 4.39 Å². The Balaban J connectivity index is 2.56. The Hall–Kier alpha value is -1.35. The summed E-state index contributed by atoms with van der Waals surface area (Å²) in [6.45, 7) is 7.58. The van der Waals surface area contributed by atoms with E-state index in [0.717, 1.165) is 5.56 Å². The smallest absolute Gasteiger partial charge is 0.137 e. The molecule has 0 saturated heterocycles. The molecule has 0 fully saturated rings. The molecular weight excluding hydrogens is 219 g/mol. The minimum absolute atomic E-state index is 0.285. The zero-order valence-corrected chi connectivity index (χ0v) is 10.5. The third-order valence-corrected chi connectivity index (χ3v) is 2.88. The highest BCUT2D eigenvalue weighted by Gasteiger charge is 2.27. The highest BCUT2D eigenvalue weighted by atomic mass is 19.1. The van der Waals surface area contributed by atoms with E-state index in [2.05, 4.69) is 0 Å². The topological polar surface area (TPSA) is 33.4 Å². The molecule has 0 radical (unpaired) electrons. The third-order valence-electron chi connectivity index (χ3n) is 2.88. The minimum atomic E-state index is -0.697. The van der Waals surface area contributed by atoms with Gasteiger partial charge in [0.15, 0.2) is 0 Å². The van der Waals surface area contributed by atoms with Crippen LogP contribution < -0.4 is 0 Å². The fourth-order valence-electron chi connectivity index (χ4n) is 1.86. The van der Waals surface area contributed by atoms with Gasteiger partial charge in [-0.1, -0.05) is 20.8 Å². The number of aliphatic hydroxyl groups excluding tert-OH is 1.